The van der Waals surface area contributed by atoms with Crippen LogP contribution >= 0.6 is 0 Å². The Balaban J connectivity index is 2.52. The van der Waals surface area contributed by atoms with E-state index in [-0.39, 0.29) is 0 Å². The highest BCUT2D eigenvalue weighted by atomic mass is 16.3. The van der Waals surface area contributed by atoms with E-state index >= 15 is 0 Å². The van der Waals surface area contributed by atoms with Gasteiger partial charge in [-0.15, -0.1) is 0 Å². The fraction of sp³-hybridized carbons (Fsp3) is 0.385. The molecule has 2 aromatic rings. The lowest BCUT2D eigenvalue weighted by Crippen LogP contribution is -2.20. The molecule has 0 unspecified atom stereocenters. The number of aliphatic hydroxyl groups is 1. The molecule has 0 aromatic carbocycles. The van der Waals surface area contributed by atoms with Gasteiger partial charge in [0, 0.05) is 5.69 Å². The summed E-state index contributed by atoms with van der Waals surface area (Å²) in [6.45, 7) is 7.09. The fourth-order valence-electron chi connectivity index (χ4n) is 1.54. The molecule has 2 rings (SSSR count). The van der Waals surface area contributed by atoms with Crippen LogP contribution in [0.5, 0.6) is 0 Å². The molecule has 2 heterocycles. The Labute approximate surface area is 100 Å². The lowest BCUT2D eigenvalue weighted by Gasteiger charge is -2.16. The minimum absolute atomic E-state index is 0.404. The van der Waals surface area contributed by atoms with Crippen molar-refractivity contribution in [3.8, 4) is 11.5 Å². The Morgan fingerprint density at radius 3 is 2.41 bits per heavy atom. The molecule has 0 aliphatic heterocycles. The van der Waals surface area contributed by atoms with Gasteiger partial charge in [-0.3, -0.25) is 0 Å². The highest BCUT2D eigenvalue weighted by molar-refractivity contribution is 5.52. The third kappa shape index (κ3) is 2.53. The molecule has 17 heavy (non-hydrogen) atoms. The minimum Gasteiger partial charge on any atom is -0.460 e. The first-order chi connectivity index (χ1) is 7.86. The van der Waals surface area contributed by atoms with Gasteiger partial charge in [0.15, 0.2) is 11.6 Å². The monoisotopic (exact) mass is 232 g/mol. The van der Waals surface area contributed by atoms with Gasteiger partial charge >= 0.3 is 0 Å². The molecule has 4 nitrogen and oxygen atoms in total. The second-order valence-corrected chi connectivity index (χ2v) is 4.69. The first-order valence-corrected chi connectivity index (χ1v) is 5.51. The van der Waals surface area contributed by atoms with Crippen molar-refractivity contribution in [2.75, 3.05) is 0 Å². The average molecular weight is 232 g/mol. The molecule has 0 spiro atoms. The first-order valence-electron chi connectivity index (χ1n) is 5.51. The summed E-state index contributed by atoms with van der Waals surface area (Å²) < 4.78 is 5.52. The van der Waals surface area contributed by atoms with Gasteiger partial charge < -0.3 is 9.52 Å². The molecule has 1 N–H and O–H groups in total. The zero-order chi connectivity index (χ0) is 12.6. The molecule has 0 amide bonds. The lowest BCUT2D eigenvalue weighted by molar-refractivity contribution is 0.0686. The maximum Gasteiger partial charge on any atom is 0.160 e. The van der Waals surface area contributed by atoms with Crippen LogP contribution in [0.15, 0.2) is 22.6 Å². The molecule has 0 aliphatic carbocycles. The van der Waals surface area contributed by atoms with Crippen LogP contribution in [0.3, 0.4) is 0 Å². The van der Waals surface area contributed by atoms with Gasteiger partial charge in [0.2, 0.25) is 0 Å². The van der Waals surface area contributed by atoms with Crippen LogP contribution in [0.4, 0.5) is 0 Å². The molecular weight excluding hydrogens is 216 g/mol. The molecule has 2 aromatic heterocycles. The zero-order valence-corrected chi connectivity index (χ0v) is 10.5. The zero-order valence-electron chi connectivity index (χ0n) is 10.5. The van der Waals surface area contributed by atoms with Crippen LogP contribution in [0.2, 0.25) is 0 Å². The van der Waals surface area contributed by atoms with Crippen LogP contribution in [0.1, 0.15) is 31.1 Å². The molecule has 90 valence electrons. The van der Waals surface area contributed by atoms with Crippen molar-refractivity contribution in [2.24, 2.45) is 0 Å². The quantitative estimate of drug-likeness (QED) is 0.864. The standard InChI is InChI=1S/C13H16N2O2/c1-8-7-10(11-6-5-9(2)17-11)15-12(14-8)13(3,4)16/h5-7,16H,1-4H3. The Morgan fingerprint density at radius 2 is 1.88 bits per heavy atom. The molecule has 0 saturated carbocycles. The van der Waals surface area contributed by atoms with Gasteiger partial charge in [0.25, 0.3) is 0 Å². The van der Waals surface area contributed by atoms with Crippen molar-refractivity contribution in [2.45, 2.75) is 33.3 Å². The van der Waals surface area contributed by atoms with Crippen molar-refractivity contribution < 1.29 is 9.52 Å². The van der Waals surface area contributed by atoms with Crippen molar-refractivity contribution >= 4 is 0 Å². The molecule has 4 heteroatoms. The first kappa shape index (κ1) is 11.8. The summed E-state index contributed by atoms with van der Waals surface area (Å²) in [5, 5.41) is 9.93. The van der Waals surface area contributed by atoms with Crippen molar-refractivity contribution in [1.29, 1.82) is 0 Å². The van der Waals surface area contributed by atoms with E-state index in [2.05, 4.69) is 9.97 Å². The summed E-state index contributed by atoms with van der Waals surface area (Å²) in [4.78, 5) is 8.57. The number of hydrogen-bond acceptors (Lipinski definition) is 4. The minimum atomic E-state index is -1.05. The average Bonchev–Trinajstić information content (AvgIpc) is 2.62. The smallest absolute Gasteiger partial charge is 0.160 e. The van der Waals surface area contributed by atoms with Crippen LogP contribution in [-0.4, -0.2) is 15.1 Å². The second-order valence-electron chi connectivity index (χ2n) is 4.69. The molecular formula is C13H16N2O2. The largest absolute Gasteiger partial charge is 0.460 e. The number of rotatable bonds is 2. The van der Waals surface area contributed by atoms with Crippen molar-refractivity contribution in [1.82, 2.24) is 9.97 Å². The maximum atomic E-state index is 9.93. The topological polar surface area (TPSA) is 59.2 Å². The summed E-state index contributed by atoms with van der Waals surface area (Å²) in [6, 6.07) is 5.59. The van der Waals surface area contributed by atoms with Crippen molar-refractivity contribution in [3.63, 3.8) is 0 Å². The third-order valence-corrected chi connectivity index (χ3v) is 2.39. The molecule has 0 radical (unpaired) electrons. The van der Waals surface area contributed by atoms with E-state index in [9.17, 15) is 5.11 Å². The molecule has 0 aliphatic rings. The highest BCUT2D eigenvalue weighted by Crippen LogP contribution is 2.23. The number of furan rings is 1. The lowest BCUT2D eigenvalue weighted by atomic mass is 10.1. The van der Waals surface area contributed by atoms with E-state index in [0.29, 0.717) is 17.3 Å². The number of nitrogens with zero attached hydrogens (tertiary/aromatic N) is 2. The molecule has 0 atom stereocenters. The molecule has 0 bridgehead atoms. The van der Waals surface area contributed by atoms with Gasteiger partial charge in [-0.2, -0.15) is 0 Å². The van der Waals surface area contributed by atoms with Gasteiger partial charge in [0.1, 0.15) is 17.1 Å². The Morgan fingerprint density at radius 1 is 1.18 bits per heavy atom. The predicted octanol–water partition coefficient (Wildman–Crippen LogP) is 2.58. The third-order valence-electron chi connectivity index (χ3n) is 2.39. The number of aryl methyl sites for hydroxylation is 2. The fourth-order valence-corrected chi connectivity index (χ4v) is 1.54. The molecule has 0 saturated heterocycles. The summed E-state index contributed by atoms with van der Waals surface area (Å²) in [5.41, 5.74) is 0.450. The van der Waals surface area contributed by atoms with Crippen LogP contribution in [0.25, 0.3) is 11.5 Å². The normalized spacial score (nSPS) is 11.8. The summed E-state index contributed by atoms with van der Waals surface area (Å²) >= 11 is 0. The van der Waals surface area contributed by atoms with E-state index < -0.39 is 5.60 Å². The highest BCUT2D eigenvalue weighted by Gasteiger charge is 2.21. The van der Waals surface area contributed by atoms with Gasteiger partial charge in [-0.1, -0.05) is 0 Å². The van der Waals surface area contributed by atoms with E-state index in [4.69, 9.17) is 4.42 Å². The van der Waals surface area contributed by atoms with E-state index in [1.54, 1.807) is 13.8 Å². The Hall–Kier alpha value is -1.68. The maximum absolute atomic E-state index is 9.93. The van der Waals surface area contributed by atoms with Crippen molar-refractivity contribution in [3.05, 3.63) is 35.5 Å². The summed E-state index contributed by atoms with van der Waals surface area (Å²) in [5.74, 6) is 1.93. The van der Waals surface area contributed by atoms with Crippen LogP contribution < -0.4 is 0 Å². The van der Waals surface area contributed by atoms with Gasteiger partial charge in [0.05, 0.1) is 0 Å². The van der Waals surface area contributed by atoms with E-state index in [1.165, 1.54) is 0 Å². The number of hydrogen-bond donors (Lipinski definition) is 1. The van der Waals surface area contributed by atoms with E-state index in [1.807, 2.05) is 32.0 Å². The van der Waals surface area contributed by atoms with Gasteiger partial charge in [-0.25, -0.2) is 9.97 Å². The summed E-state index contributed by atoms with van der Waals surface area (Å²) in [7, 11) is 0. The SMILES string of the molecule is Cc1cc(-c2ccc(C)o2)nc(C(C)(C)O)n1. The second kappa shape index (κ2) is 3.96. The summed E-state index contributed by atoms with van der Waals surface area (Å²) in [6.07, 6.45) is 0. The number of aromatic nitrogens is 2. The molecule has 0 fully saturated rings. The Bertz CT molecular complexity index is 539. The Kier molecular flexibility index (Phi) is 2.75. The predicted molar refractivity (Wildman–Crippen MR) is 64.5 cm³/mol. The van der Waals surface area contributed by atoms with Gasteiger partial charge in [-0.05, 0) is 45.9 Å². The van der Waals surface area contributed by atoms with Crippen LogP contribution in [0, 0.1) is 13.8 Å². The van der Waals surface area contributed by atoms with Crippen LogP contribution in [-0.2, 0) is 5.60 Å². The van der Waals surface area contributed by atoms with E-state index in [0.717, 1.165) is 11.5 Å².